The van der Waals surface area contributed by atoms with Gasteiger partial charge in [0.15, 0.2) is 0 Å². The van der Waals surface area contributed by atoms with Crippen molar-refractivity contribution in [3.8, 4) is 5.75 Å². The number of hydrogen-bond donors (Lipinski definition) is 4. The minimum atomic E-state index is -1.60. The van der Waals surface area contributed by atoms with Crippen LogP contribution >= 0.6 is 0 Å². The third-order valence-corrected chi connectivity index (χ3v) is 4.35. The van der Waals surface area contributed by atoms with Crippen LogP contribution < -0.4 is 5.32 Å². The molecule has 128 valence electrons. The number of anilines is 1. The van der Waals surface area contributed by atoms with Crippen molar-refractivity contribution in [2.24, 2.45) is 5.41 Å². The van der Waals surface area contributed by atoms with Crippen molar-refractivity contribution >= 4 is 23.5 Å². The maximum absolute atomic E-state index is 12.0. The van der Waals surface area contributed by atoms with Gasteiger partial charge in [0.25, 0.3) is 0 Å². The number of carbonyl (C=O) groups is 3. The number of carboxylic acid groups (broad SMARTS) is 2. The van der Waals surface area contributed by atoms with E-state index >= 15 is 0 Å². The van der Waals surface area contributed by atoms with Crippen LogP contribution in [0.3, 0.4) is 0 Å². The minimum Gasteiger partial charge on any atom is -0.508 e. The highest BCUT2D eigenvalue weighted by Gasteiger charge is 2.51. The molecule has 1 aromatic carbocycles. The smallest absolute Gasteiger partial charge is 0.314 e. The second-order valence-electron chi connectivity index (χ2n) is 6.31. The number of phenolic OH excluding ortho intramolecular Hbond substituents is 1. The quantitative estimate of drug-likeness (QED) is 0.494. The Balaban J connectivity index is 2.60. The van der Waals surface area contributed by atoms with Crippen molar-refractivity contribution in [2.75, 3.05) is 5.32 Å². The lowest BCUT2D eigenvalue weighted by atomic mass is 9.63. The summed E-state index contributed by atoms with van der Waals surface area (Å²) in [6, 6.07) is 4.12. The molecule has 4 N–H and O–H groups in total. The highest BCUT2D eigenvalue weighted by molar-refractivity contribution is 5.90. The van der Waals surface area contributed by atoms with E-state index in [1.165, 1.54) is 44.2 Å². The van der Waals surface area contributed by atoms with Crippen LogP contribution in [0.2, 0.25) is 0 Å². The second kappa shape index (κ2) is 5.99. The fourth-order valence-electron chi connectivity index (χ4n) is 3.11. The molecule has 0 aliphatic heterocycles. The van der Waals surface area contributed by atoms with E-state index in [4.69, 9.17) is 0 Å². The minimum absolute atomic E-state index is 0.0439. The Hall–Kier alpha value is -2.83. The van der Waals surface area contributed by atoms with Crippen LogP contribution in [0.5, 0.6) is 5.75 Å². The molecule has 7 heteroatoms. The molecule has 1 aliphatic carbocycles. The predicted octanol–water partition coefficient (Wildman–Crippen LogP) is 2.11. The molecule has 1 aliphatic rings. The Morgan fingerprint density at radius 1 is 1.17 bits per heavy atom. The molecule has 24 heavy (non-hydrogen) atoms. The number of phenols is 1. The van der Waals surface area contributed by atoms with Crippen molar-refractivity contribution in [2.45, 2.75) is 32.1 Å². The van der Waals surface area contributed by atoms with Crippen LogP contribution in [-0.2, 0) is 19.8 Å². The standard InChI is InChI=1S/C17H19NO6/c1-10(19)18-11-4-5-13(20)12(8-11)17(15(23)24)7-3-6-16(2,9-17)14(21)22/h3-6,8,20H,7,9H2,1-2H3,(H,18,19)(H,21,22)(H,23,24). The lowest BCUT2D eigenvalue weighted by Crippen LogP contribution is -2.45. The van der Waals surface area contributed by atoms with Crippen molar-refractivity contribution in [3.05, 3.63) is 35.9 Å². The Labute approximate surface area is 138 Å². The lowest BCUT2D eigenvalue weighted by Gasteiger charge is -2.38. The molecule has 1 amide bonds. The van der Waals surface area contributed by atoms with Gasteiger partial charge in [-0.1, -0.05) is 12.2 Å². The molecular formula is C17H19NO6. The first-order valence-electron chi connectivity index (χ1n) is 7.36. The molecule has 2 unspecified atom stereocenters. The Morgan fingerprint density at radius 2 is 1.83 bits per heavy atom. The molecule has 0 spiro atoms. The monoisotopic (exact) mass is 333 g/mol. The number of hydrogen-bond acceptors (Lipinski definition) is 4. The fraction of sp³-hybridized carbons (Fsp3) is 0.353. The van der Waals surface area contributed by atoms with Gasteiger partial charge in [-0.05, 0) is 38.0 Å². The molecule has 0 radical (unpaired) electrons. The molecule has 0 aromatic heterocycles. The highest BCUT2D eigenvalue weighted by atomic mass is 16.4. The number of carbonyl (C=O) groups excluding carboxylic acids is 1. The molecule has 0 bridgehead atoms. The number of amides is 1. The summed E-state index contributed by atoms with van der Waals surface area (Å²) in [5.74, 6) is -2.96. The first-order valence-corrected chi connectivity index (χ1v) is 7.36. The molecular weight excluding hydrogens is 314 g/mol. The van der Waals surface area contributed by atoms with E-state index < -0.39 is 22.8 Å². The van der Waals surface area contributed by atoms with Crippen LogP contribution in [0.25, 0.3) is 0 Å². The SMILES string of the molecule is CC(=O)Nc1ccc(O)c(C2(C(=O)O)CC=CC(C)(C(=O)O)C2)c1. The van der Waals surface area contributed by atoms with Crippen molar-refractivity contribution in [1.29, 1.82) is 0 Å². The number of rotatable bonds is 4. The van der Waals surface area contributed by atoms with Gasteiger partial charge in [-0.3, -0.25) is 14.4 Å². The molecule has 1 aromatic rings. The summed E-state index contributed by atoms with van der Waals surface area (Å²) in [5.41, 5.74) is -2.55. The zero-order valence-electron chi connectivity index (χ0n) is 13.4. The average Bonchev–Trinajstić information content (AvgIpc) is 2.48. The third-order valence-electron chi connectivity index (χ3n) is 4.35. The van der Waals surface area contributed by atoms with Crippen molar-refractivity contribution < 1.29 is 29.7 Å². The highest BCUT2D eigenvalue weighted by Crippen LogP contribution is 2.48. The van der Waals surface area contributed by atoms with Crippen LogP contribution in [0.4, 0.5) is 5.69 Å². The number of aliphatic carboxylic acids is 2. The van der Waals surface area contributed by atoms with Crippen LogP contribution in [0.15, 0.2) is 30.4 Å². The van der Waals surface area contributed by atoms with Gasteiger partial charge in [-0.25, -0.2) is 0 Å². The molecule has 0 saturated carbocycles. The van der Waals surface area contributed by atoms with Crippen LogP contribution in [0.1, 0.15) is 32.3 Å². The summed E-state index contributed by atoms with van der Waals surface area (Å²) < 4.78 is 0. The zero-order valence-corrected chi connectivity index (χ0v) is 13.4. The molecule has 0 fully saturated rings. The first kappa shape index (κ1) is 17.5. The number of aromatic hydroxyl groups is 1. The van der Waals surface area contributed by atoms with Gasteiger partial charge in [0.1, 0.15) is 11.2 Å². The second-order valence-corrected chi connectivity index (χ2v) is 6.31. The molecule has 2 atom stereocenters. The van der Waals surface area contributed by atoms with Gasteiger partial charge in [0.05, 0.1) is 5.41 Å². The van der Waals surface area contributed by atoms with Gasteiger partial charge in [-0.15, -0.1) is 0 Å². The molecule has 7 nitrogen and oxygen atoms in total. The van der Waals surface area contributed by atoms with Crippen molar-refractivity contribution in [1.82, 2.24) is 0 Å². The Bertz CT molecular complexity index is 741. The van der Waals surface area contributed by atoms with E-state index in [0.717, 1.165) is 0 Å². The van der Waals surface area contributed by atoms with Crippen LogP contribution in [0, 0.1) is 5.41 Å². The van der Waals surface area contributed by atoms with Gasteiger partial charge in [0, 0.05) is 18.2 Å². The summed E-state index contributed by atoms with van der Waals surface area (Å²) >= 11 is 0. The number of allylic oxidation sites excluding steroid dienone is 1. The van der Waals surface area contributed by atoms with Gasteiger partial charge < -0.3 is 20.6 Å². The lowest BCUT2D eigenvalue weighted by molar-refractivity contribution is -0.151. The van der Waals surface area contributed by atoms with Gasteiger partial charge in [0.2, 0.25) is 5.91 Å². The van der Waals surface area contributed by atoms with E-state index in [2.05, 4.69) is 5.32 Å². The predicted molar refractivity (Wildman–Crippen MR) is 85.8 cm³/mol. The van der Waals surface area contributed by atoms with E-state index in [-0.39, 0.29) is 30.1 Å². The van der Waals surface area contributed by atoms with Gasteiger partial charge in [-0.2, -0.15) is 0 Å². The van der Waals surface area contributed by atoms with E-state index in [9.17, 15) is 29.7 Å². The van der Waals surface area contributed by atoms with Gasteiger partial charge >= 0.3 is 11.9 Å². The van der Waals surface area contributed by atoms with E-state index in [1.54, 1.807) is 0 Å². The molecule has 0 heterocycles. The maximum Gasteiger partial charge on any atom is 0.314 e. The first-order chi connectivity index (χ1) is 11.1. The average molecular weight is 333 g/mol. The molecule has 2 rings (SSSR count). The Kier molecular flexibility index (Phi) is 4.38. The van der Waals surface area contributed by atoms with Crippen LogP contribution in [-0.4, -0.2) is 33.2 Å². The summed E-state index contributed by atoms with van der Waals surface area (Å²) in [5, 5.41) is 32.0. The normalized spacial score (nSPS) is 25.9. The topological polar surface area (TPSA) is 124 Å². The maximum atomic E-state index is 12.0. The summed E-state index contributed by atoms with van der Waals surface area (Å²) in [7, 11) is 0. The summed E-state index contributed by atoms with van der Waals surface area (Å²) in [4.78, 5) is 34.8. The summed E-state index contributed by atoms with van der Waals surface area (Å²) in [6.07, 6.45) is 2.82. The molecule has 0 saturated heterocycles. The third kappa shape index (κ3) is 2.97. The largest absolute Gasteiger partial charge is 0.508 e. The Morgan fingerprint density at radius 3 is 2.38 bits per heavy atom. The van der Waals surface area contributed by atoms with E-state index in [1.807, 2.05) is 0 Å². The van der Waals surface area contributed by atoms with Crippen molar-refractivity contribution in [3.63, 3.8) is 0 Å². The fourth-order valence-corrected chi connectivity index (χ4v) is 3.11. The zero-order chi connectivity index (χ0) is 18.1. The number of benzene rings is 1. The number of carboxylic acids is 2. The number of nitrogens with one attached hydrogen (secondary N) is 1. The van der Waals surface area contributed by atoms with E-state index in [0.29, 0.717) is 5.69 Å². The summed E-state index contributed by atoms with van der Waals surface area (Å²) in [6.45, 7) is 2.75.